The van der Waals surface area contributed by atoms with Crippen molar-refractivity contribution in [2.45, 2.75) is 37.3 Å². The fourth-order valence-electron chi connectivity index (χ4n) is 4.87. The maximum atomic E-state index is 9.37. The molecule has 2 aromatic heterocycles. The second-order valence-electron chi connectivity index (χ2n) is 8.63. The van der Waals surface area contributed by atoms with Gasteiger partial charge in [0.15, 0.2) is 0 Å². The number of rotatable bonds is 4. The van der Waals surface area contributed by atoms with Crippen molar-refractivity contribution in [1.29, 1.82) is 5.26 Å². The summed E-state index contributed by atoms with van der Waals surface area (Å²) >= 11 is 0. The lowest BCUT2D eigenvalue weighted by atomic mass is 9.95. The Kier molecular flexibility index (Phi) is 4.13. The number of hydrogen-bond donors (Lipinski definition) is 2. The van der Waals surface area contributed by atoms with Gasteiger partial charge in [0.1, 0.15) is 30.1 Å². The van der Waals surface area contributed by atoms with Crippen LogP contribution in [-0.4, -0.2) is 45.6 Å². The molecule has 3 aliphatic rings. The number of aromatic amines is 1. The van der Waals surface area contributed by atoms with Crippen molar-refractivity contribution in [2.75, 3.05) is 25.0 Å². The van der Waals surface area contributed by atoms with Crippen molar-refractivity contribution in [1.82, 2.24) is 19.9 Å². The summed E-state index contributed by atoms with van der Waals surface area (Å²) in [5, 5.41) is 14.1. The second-order valence-corrected chi connectivity index (χ2v) is 8.63. The van der Waals surface area contributed by atoms with Gasteiger partial charge in [0.05, 0.1) is 29.5 Å². The molecule has 7 heteroatoms. The molecule has 30 heavy (non-hydrogen) atoms. The van der Waals surface area contributed by atoms with Crippen molar-refractivity contribution < 1.29 is 4.74 Å². The van der Waals surface area contributed by atoms with Gasteiger partial charge in [0.2, 0.25) is 0 Å². The van der Waals surface area contributed by atoms with Gasteiger partial charge in [-0.2, -0.15) is 5.26 Å². The van der Waals surface area contributed by atoms with E-state index in [-0.39, 0.29) is 18.0 Å². The van der Waals surface area contributed by atoms with Crippen LogP contribution >= 0.6 is 0 Å². The number of hydrogen-bond acceptors (Lipinski definition) is 6. The number of nitrogens with zero attached hydrogens (tertiary/aromatic N) is 4. The molecule has 0 bridgehead atoms. The summed E-state index contributed by atoms with van der Waals surface area (Å²) in [7, 11) is 0. The number of ether oxygens (including phenoxy) is 1. The minimum absolute atomic E-state index is 0.0322. The number of anilines is 1. The zero-order valence-corrected chi connectivity index (χ0v) is 16.7. The molecular formula is C23H24N6O. The molecule has 0 unspecified atom stereocenters. The molecule has 1 aliphatic carbocycles. The molecular weight excluding hydrogens is 376 g/mol. The van der Waals surface area contributed by atoms with Crippen LogP contribution in [0.15, 0.2) is 36.7 Å². The quantitative estimate of drug-likeness (QED) is 0.696. The van der Waals surface area contributed by atoms with Crippen molar-refractivity contribution in [3.05, 3.63) is 47.9 Å². The summed E-state index contributed by atoms with van der Waals surface area (Å²) in [5.41, 5.74) is 3.28. The Bertz CT molecular complexity index is 1130. The van der Waals surface area contributed by atoms with Crippen LogP contribution in [0.25, 0.3) is 11.0 Å². The molecule has 2 fully saturated rings. The smallest absolute Gasteiger partial charge is 0.143 e. The van der Waals surface area contributed by atoms with E-state index in [4.69, 9.17) is 4.74 Å². The molecule has 152 valence electrons. The molecule has 3 atom stereocenters. The highest BCUT2D eigenvalue weighted by Crippen LogP contribution is 2.42. The zero-order valence-electron chi connectivity index (χ0n) is 16.7. The third-order valence-electron chi connectivity index (χ3n) is 6.68. The van der Waals surface area contributed by atoms with E-state index in [1.165, 1.54) is 18.5 Å². The summed E-state index contributed by atoms with van der Waals surface area (Å²) in [6.07, 6.45) is 5.03. The Morgan fingerprint density at radius 1 is 1.20 bits per heavy atom. The van der Waals surface area contributed by atoms with Crippen LogP contribution in [0, 0.1) is 17.2 Å². The first kappa shape index (κ1) is 17.7. The molecule has 2 N–H and O–H groups in total. The topological polar surface area (TPSA) is 89.9 Å². The number of likely N-dealkylation sites (tertiary alicyclic amines) is 1. The van der Waals surface area contributed by atoms with Gasteiger partial charge in [-0.15, -0.1) is 0 Å². The number of nitriles is 1. The van der Waals surface area contributed by atoms with Gasteiger partial charge < -0.3 is 15.0 Å². The normalized spacial score (nSPS) is 26.2. The van der Waals surface area contributed by atoms with Crippen LogP contribution in [0.2, 0.25) is 0 Å². The zero-order chi connectivity index (χ0) is 20.1. The predicted octanol–water partition coefficient (Wildman–Crippen LogP) is 3.59. The molecule has 7 nitrogen and oxygen atoms in total. The summed E-state index contributed by atoms with van der Waals surface area (Å²) in [5.74, 6) is 2.50. The number of para-hydroxylation sites is 1. The minimum Gasteiger partial charge on any atom is -0.491 e. The maximum absolute atomic E-state index is 9.37. The van der Waals surface area contributed by atoms with E-state index in [2.05, 4.69) is 49.4 Å². The third kappa shape index (κ3) is 2.99. The van der Waals surface area contributed by atoms with Gasteiger partial charge in [0, 0.05) is 24.3 Å². The Morgan fingerprint density at radius 2 is 2.10 bits per heavy atom. The fourth-order valence-corrected chi connectivity index (χ4v) is 4.87. The number of aromatic nitrogens is 3. The molecule has 3 aromatic rings. The first-order chi connectivity index (χ1) is 14.8. The van der Waals surface area contributed by atoms with Crippen molar-refractivity contribution in [2.24, 2.45) is 5.92 Å². The molecule has 1 aromatic carbocycles. The van der Waals surface area contributed by atoms with Gasteiger partial charge in [-0.3, -0.25) is 4.90 Å². The van der Waals surface area contributed by atoms with E-state index in [0.717, 1.165) is 47.7 Å². The van der Waals surface area contributed by atoms with Crippen LogP contribution in [-0.2, 0) is 0 Å². The molecule has 1 saturated carbocycles. The monoisotopic (exact) mass is 400 g/mol. The molecule has 0 radical (unpaired) electrons. The highest BCUT2D eigenvalue weighted by Gasteiger charge is 2.38. The number of fused-ring (bicyclic) bond motifs is 2. The number of nitrogens with one attached hydrogen (secondary N) is 2. The first-order valence-electron chi connectivity index (χ1n) is 10.8. The van der Waals surface area contributed by atoms with Gasteiger partial charge in [-0.25, -0.2) is 9.97 Å². The Hall–Kier alpha value is -3.11. The number of H-pyrrole nitrogens is 1. The average molecular weight is 400 g/mol. The van der Waals surface area contributed by atoms with Gasteiger partial charge in [-0.1, -0.05) is 18.2 Å². The van der Waals surface area contributed by atoms with Crippen LogP contribution in [0.3, 0.4) is 0 Å². The van der Waals surface area contributed by atoms with Crippen LogP contribution in [0.5, 0.6) is 5.75 Å². The Morgan fingerprint density at radius 3 is 2.93 bits per heavy atom. The molecule has 2 aliphatic heterocycles. The lowest BCUT2D eigenvalue weighted by molar-refractivity contribution is 0.122. The maximum Gasteiger partial charge on any atom is 0.143 e. The van der Waals surface area contributed by atoms with Crippen LogP contribution < -0.4 is 10.1 Å². The Labute approximate surface area is 175 Å². The number of benzene rings is 1. The van der Waals surface area contributed by atoms with E-state index < -0.39 is 0 Å². The van der Waals surface area contributed by atoms with E-state index >= 15 is 0 Å². The molecule has 1 saturated heterocycles. The summed E-state index contributed by atoms with van der Waals surface area (Å²) in [6, 6.07) is 13.0. The summed E-state index contributed by atoms with van der Waals surface area (Å²) in [4.78, 5) is 14.9. The second kappa shape index (κ2) is 6.99. The minimum atomic E-state index is 0.0322. The van der Waals surface area contributed by atoms with Crippen molar-refractivity contribution in [3.8, 4) is 11.8 Å². The average Bonchev–Trinajstić information content (AvgIpc) is 3.35. The molecule has 0 amide bonds. The largest absolute Gasteiger partial charge is 0.491 e. The van der Waals surface area contributed by atoms with Gasteiger partial charge >= 0.3 is 0 Å². The molecule has 0 spiro atoms. The fraction of sp³-hybridized carbons (Fsp3) is 0.435. The predicted molar refractivity (Wildman–Crippen MR) is 113 cm³/mol. The van der Waals surface area contributed by atoms with E-state index in [9.17, 15) is 5.26 Å². The van der Waals surface area contributed by atoms with Crippen molar-refractivity contribution >= 4 is 16.9 Å². The first-order valence-corrected chi connectivity index (χ1v) is 10.8. The van der Waals surface area contributed by atoms with Crippen LogP contribution in [0.4, 0.5) is 5.82 Å². The summed E-state index contributed by atoms with van der Waals surface area (Å²) < 4.78 is 6.11. The highest BCUT2D eigenvalue weighted by molar-refractivity contribution is 5.88. The van der Waals surface area contributed by atoms with Gasteiger partial charge in [0.25, 0.3) is 0 Å². The van der Waals surface area contributed by atoms with E-state index in [1.807, 2.05) is 12.1 Å². The highest BCUT2D eigenvalue weighted by atomic mass is 16.5. The van der Waals surface area contributed by atoms with Crippen LogP contribution in [0.1, 0.15) is 42.5 Å². The summed E-state index contributed by atoms with van der Waals surface area (Å²) in [6.45, 7) is 2.31. The van der Waals surface area contributed by atoms with Crippen molar-refractivity contribution in [3.63, 3.8) is 0 Å². The van der Waals surface area contributed by atoms with E-state index in [1.54, 1.807) is 6.33 Å². The molecule has 6 rings (SSSR count). The Balaban J connectivity index is 1.37. The van der Waals surface area contributed by atoms with Gasteiger partial charge in [-0.05, 0) is 37.3 Å². The third-order valence-corrected chi connectivity index (χ3v) is 6.68. The lowest BCUT2D eigenvalue weighted by Gasteiger charge is -2.39. The lowest BCUT2D eigenvalue weighted by Crippen LogP contribution is -2.47. The molecule has 4 heterocycles. The SMILES string of the molecule is N#C[C@@H]1CCN([C@H]2COc3ccccc3[C@@H]2Nc2ncnc3[nH]c(C4CC4)cc23)C1. The van der Waals surface area contributed by atoms with E-state index in [0.29, 0.717) is 12.5 Å². The standard InChI is InChI=1S/C23H24N6O/c24-10-14-7-8-29(11-14)19-12-30-20-4-2-1-3-16(20)21(19)28-23-17-9-18(15-5-6-15)27-22(17)25-13-26-23/h1-4,9,13-15,19,21H,5-8,11-12H2,(H2,25,26,27,28)/t14-,19-,21-/m0/s1.